The maximum atomic E-state index is 13.7. The molecule has 0 aliphatic carbocycles. The molecule has 9 heteroatoms. The minimum Gasteiger partial charge on any atom is -0.486 e. The molecule has 0 saturated carbocycles. The van der Waals surface area contributed by atoms with E-state index < -0.39 is 5.82 Å². The molecule has 0 saturated heterocycles. The number of nitrogens with one attached hydrogen (secondary N) is 1. The number of halogens is 2. The maximum absolute atomic E-state index is 13.7. The van der Waals surface area contributed by atoms with Crippen LogP contribution >= 0.6 is 23.4 Å². The number of amides is 1. The predicted octanol–water partition coefficient (Wildman–Crippen LogP) is 5.18. The number of ether oxygens (including phenoxy) is 1. The Balaban J connectivity index is 1.65. The zero-order valence-corrected chi connectivity index (χ0v) is 18.8. The van der Waals surface area contributed by atoms with E-state index in [1.807, 2.05) is 30.5 Å². The first-order chi connectivity index (χ1) is 14.9. The number of aryl methyl sites for hydroxylation is 2. The van der Waals surface area contributed by atoms with Gasteiger partial charge in [-0.05, 0) is 49.2 Å². The summed E-state index contributed by atoms with van der Waals surface area (Å²) >= 11 is 7.41. The van der Waals surface area contributed by atoms with E-state index in [0.717, 1.165) is 16.1 Å². The average molecular weight is 461 g/mol. The molecule has 0 unspecified atom stereocenters. The van der Waals surface area contributed by atoms with Crippen LogP contribution in [0.2, 0.25) is 5.02 Å². The lowest BCUT2D eigenvalue weighted by molar-refractivity contribution is -0.113. The molecule has 3 aromatic rings. The van der Waals surface area contributed by atoms with Crippen LogP contribution in [0.4, 0.5) is 10.1 Å². The Hall–Kier alpha value is -2.84. The van der Waals surface area contributed by atoms with Crippen LogP contribution in [0, 0.1) is 19.7 Å². The van der Waals surface area contributed by atoms with Gasteiger partial charge in [0, 0.05) is 11.6 Å². The Morgan fingerprint density at radius 1 is 1.29 bits per heavy atom. The minimum atomic E-state index is -0.484. The van der Waals surface area contributed by atoms with Crippen molar-refractivity contribution in [3.8, 4) is 5.75 Å². The first kappa shape index (κ1) is 22.8. The topological polar surface area (TPSA) is 69.0 Å². The number of carbonyl (C=O) groups excluding carboxylic acids is 1. The summed E-state index contributed by atoms with van der Waals surface area (Å²) in [5.74, 6) is 0.518. The molecule has 0 aliphatic rings. The number of hydrogen-bond donors (Lipinski definition) is 1. The molecule has 0 atom stereocenters. The number of benzene rings is 2. The van der Waals surface area contributed by atoms with Gasteiger partial charge in [-0.15, -0.1) is 16.8 Å². The number of allylic oxidation sites excluding steroid dienone is 1. The molecular weight excluding hydrogens is 439 g/mol. The zero-order chi connectivity index (χ0) is 22.4. The van der Waals surface area contributed by atoms with Crippen molar-refractivity contribution in [3.05, 3.63) is 76.8 Å². The Bertz CT molecular complexity index is 1080. The van der Waals surface area contributed by atoms with Gasteiger partial charge >= 0.3 is 0 Å². The summed E-state index contributed by atoms with van der Waals surface area (Å²) in [4.78, 5) is 12.2. The van der Waals surface area contributed by atoms with Crippen molar-refractivity contribution in [2.45, 2.75) is 32.2 Å². The van der Waals surface area contributed by atoms with E-state index in [2.05, 4.69) is 22.1 Å². The van der Waals surface area contributed by atoms with E-state index >= 15 is 0 Å². The number of thioether (sulfide) groups is 1. The van der Waals surface area contributed by atoms with E-state index in [1.54, 1.807) is 18.2 Å². The molecule has 0 fully saturated rings. The van der Waals surface area contributed by atoms with Gasteiger partial charge in [-0.2, -0.15) is 0 Å². The third-order valence-corrected chi connectivity index (χ3v) is 5.93. The summed E-state index contributed by atoms with van der Waals surface area (Å²) in [6, 6.07) is 9.75. The molecule has 1 N–H and O–H groups in total. The molecule has 1 heterocycles. The number of anilines is 1. The lowest BCUT2D eigenvalue weighted by Crippen LogP contribution is -2.15. The summed E-state index contributed by atoms with van der Waals surface area (Å²) in [5, 5.41) is 12.2. The Labute approximate surface area is 189 Å². The zero-order valence-electron chi connectivity index (χ0n) is 17.2. The van der Waals surface area contributed by atoms with Crippen LogP contribution in [-0.2, 0) is 17.9 Å². The van der Waals surface area contributed by atoms with Gasteiger partial charge in [0.2, 0.25) is 5.91 Å². The smallest absolute Gasteiger partial charge is 0.234 e. The highest BCUT2D eigenvalue weighted by Crippen LogP contribution is 2.26. The molecule has 31 heavy (non-hydrogen) atoms. The largest absolute Gasteiger partial charge is 0.486 e. The molecule has 1 amide bonds. The molecule has 6 nitrogen and oxygen atoms in total. The quantitative estimate of drug-likeness (QED) is 0.352. The number of rotatable bonds is 9. The lowest BCUT2D eigenvalue weighted by atomic mass is 10.1. The SMILES string of the molecule is C=CCn1c(COc2cc(C)c(Cl)c(C)c2)nnc1SCC(=O)Nc1ccccc1F. The maximum Gasteiger partial charge on any atom is 0.234 e. The molecule has 162 valence electrons. The number of para-hydroxylation sites is 1. The van der Waals surface area contributed by atoms with Crippen LogP contribution in [0.15, 0.2) is 54.2 Å². The van der Waals surface area contributed by atoms with Gasteiger partial charge in [0.05, 0.1) is 11.4 Å². The Morgan fingerprint density at radius 2 is 2.00 bits per heavy atom. The molecule has 0 radical (unpaired) electrons. The van der Waals surface area contributed by atoms with E-state index in [4.69, 9.17) is 16.3 Å². The monoisotopic (exact) mass is 460 g/mol. The fraction of sp³-hybridized carbons (Fsp3) is 0.227. The summed E-state index contributed by atoms with van der Waals surface area (Å²) < 4.78 is 21.4. The summed E-state index contributed by atoms with van der Waals surface area (Å²) in [6.45, 7) is 8.27. The fourth-order valence-corrected chi connectivity index (χ4v) is 3.74. The number of nitrogens with zero attached hydrogens (tertiary/aromatic N) is 3. The highest BCUT2D eigenvalue weighted by molar-refractivity contribution is 7.99. The van der Waals surface area contributed by atoms with Crippen LogP contribution in [0.25, 0.3) is 0 Å². The molecule has 3 rings (SSSR count). The standard InChI is InChI=1S/C22H22ClFN4O2S/c1-4-9-28-19(12-30-16-10-14(2)21(23)15(3)11-16)26-27-22(28)31-13-20(29)25-18-8-6-5-7-17(18)24/h4-8,10-11H,1,9,12-13H2,2-3H3,(H,25,29). The van der Waals surface area contributed by atoms with Crippen LogP contribution in [0.5, 0.6) is 5.75 Å². The number of aromatic nitrogens is 3. The van der Waals surface area contributed by atoms with Crippen molar-refractivity contribution in [2.24, 2.45) is 0 Å². The van der Waals surface area contributed by atoms with Gasteiger partial charge in [0.25, 0.3) is 0 Å². The summed E-state index contributed by atoms with van der Waals surface area (Å²) in [7, 11) is 0. The predicted molar refractivity (Wildman–Crippen MR) is 121 cm³/mol. The Morgan fingerprint density at radius 3 is 2.68 bits per heavy atom. The number of hydrogen-bond acceptors (Lipinski definition) is 5. The highest BCUT2D eigenvalue weighted by atomic mass is 35.5. The summed E-state index contributed by atoms with van der Waals surface area (Å²) in [5.41, 5.74) is 2.01. The minimum absolute atomic E-state index is 0.0556. The molecular formula is C22H22ClFN4O2S. The molecule has 0 aliphatic heterocycles. The third-order valence-electron chi connectivity index (χ3n) is 4.36. The second kappa shape index (κ2) is 10.5. The first-order valence-corrected chi connectivity index (χ1v) is 10.8. The second-order valence-corrected chi connectivity index (χ2v) is 8.09. The van der Waals surface area contributed by atoms with Crippen molar-refractivity contribution in [1.82, 2.24) is 14.8 Å². The van der Waals surface area contributed by atoms with E-state index in [9.17, 15) is 9.18 Å². The molecule has 2 aromatic carbocycles. The van der Waals surface area contributed by atoms with E-state index in [1.165, 1.54) is 23.9 Å². The molecule has 1 aromatic heterocycles. The first-order valence-electron chi connectivity index (χ1n) is 9.48. The van der Waals surface area contributed by atoms with E-state index in [0.29, 0.717) is 23.3 Å². The van der Waals surface area contributed by atoms with Crippen molar-refractivity contribution in [1.29, 1.82) is 0 Å². The van der Waals surface area contributed by atoms with Gasteiger partial charge in [-0.1, -0.05) is 41.6 Å². The van der Waals surface area contributed by atoms with Crippen LogP contribution < -0.4 is 10.1 Å². The molecule has 0 bridgehead atoms. The third kappa shape index (κ3) is 5.86. The van der Waals surface area contributed by atoms with Crippen LogP contribution in [-0.4, -0.2) is 26.4 Å². The Kier molecular flexibility index (Phi) is 7.70. The molecule has 0 spiro atoms. The van der Waals surface area contributed by atoms with Crippen LogP contribution in [0.3, 0.4) is 0 Å². The normalized spacial score (nSPS) is 10.7. The van der Waals surface area contributed by atoms with Gasteiger partial charge in [0.15, 0.2) is 11.0 Å². The van der Waals surface area contributed by atoms with Crippen molar-refractivity contribution >= 4 is 35.0 Å². The van der Waals surface area contributed by atoms with Crippen LogP contribution in [0.1, 0.15) is 17.0 Å². The van der Waals surface area contributed by atoms with Gasteiger partial charge in [-0.25, -0.2) is 4.39 Å². The van der Waals surface area contributed by atoms with Gasteiger partial charge < -0.3 is 10.1 Å². The fourth-order valence-electron chi connectivity index (χ4n) is 2.86. The van der Waals surface area contributed by atoms with Gasteiger partial charge in [0.1, 0.15) is 18.2 Å². The van der Waals surface area contributed by atoms with Crippen molar-refractivity contribution in [3.63, 3.8) is 0 Å². The van der Waals surface area contributed by atoms with Gasteiger partial charge in [-0.3, -0.25) is 9.36 Å². The van der Waals surface area contributed by atoms with E-state index in [-0.39, 0.29) is 24.0 Å². The second-order valence-electron chi connectivity index (χ2n) is 6.77. The number of carbonyl (C=O) groups is 1. The van der Waals surface area contributed by atoms with Crippen molar-refractivity contribution in [2.75, 3.05) is 11.1 Å². The van der Waals surface area contributed by atoms with Crippen molar-refractivity contribution < 1.29 is 13.9 Å². The summed E-state index contributed by atoms with van der Waals surface area (Å²) in [6.07, 6.45) is 1.72. The lowest BCUT2D eigenvalue weighted by Gasteiger charge is -2.11. The highest BCUT2D eigenvalue weighted by Gasteiger charge is 2.15. The average Bonchev–Trinajstić information content (AvgIpc) is 3.12.